The highest BCUT2D eigenvalue weighted by Crippen LogP contribution is 2.20. The van der Waals surface area contributed by atoms with Crippen LogP contribution in [0.25, 0.3) is 5.69 Å². The van der Waals surface area contributed by atoms with Gasteiger partial charge in [0.25, 0.3) is 5.56 Å². The van der Waals surface area contributed by atoms with Crippen LogP contribution < -0.4 is 5.56 Å². The second kappa shape index (κ2) is 6.92. The van der Waals surface area contributed by atoms with Crippen molar-refractivity contribution < 1.29 is 4.79 Å². The van der Waals surface area contributed by atoms with Crippen LogP contribution in [0.15, 0.2) is 35.3 Å². The first-order valence-corrected chi connectivity index (χ1v) is 7.52. The summed E-state index contributed by atoms with van der Waals surface area (Å²) in [6, 6.07) is 7.50. The van der Waals surface area contributed by atoms with Gasteiger partial charge in [0.1, 0.15) is 0 Å². The fraction of sp³-hybridized carbons (Fsp3) is 0.250. The minimum Gasteiger partial charge on any atom is -0.298 e. The molecule has 0 saturated heterocycles. The molecule has 0 spiro atoms. The van der Waals surface area contributed by atoms with Gasteiger partial charge in [-0.3, -0.25) is 14.2 Å². The van der Waals surface area contributed by atoms with E-state index in [9.17, 15) is 9.59 Å². The van der Waals surface area contributed by atoms with Gasteiger partial charge in [0.2, 0.25) is 0 Å². The molecule has 21 heavy (non-hydrogen) atoms. The normalized spacial score (nSPS) is 10.6. The first-order valence-electron chi connectivity index (χ1n) is 6.60. The number of aromatic nitrogens is 1. The van der Waals surface area contributed by atoms with Crippen molar-refractivity contribution in [1.82, 2.24) is 4.57 Å². The van der Waals surface area contributed by atoms with Crippen LogP contribution >= 0.6 is 23.2 Å². The molecular weight excluding hydrogens is 309 g/mol. The van der Waals surface area contributed by atoms with E-state index in [2.05, 4.69) is 0 Å². The SMILES string of the molecule is Cc1ccc(-n2cc(C=O)c(Cl)c(CCCCl)c2=O)cc1. The topological polar surface area (TPSA) is 39.1 Å². The Bertz CT molecular complexity index is 705. The molecule has 0 aliphatic carbocycles. The van der Waals surface area contributed by atoms with E-state index in [1.54, 1.807) is 0 Å². The van der Waals surface area contributed by atoms with Crippen molar-refractivity contribution in [2.45, 2.75) is 19.8 Å². The lowest BCUT2D eigenvalue weighted by molar-refractivity contribution is 0.112. The number of benzene rings is 1. The smallest absolute Gasteiger partial charge is 0.259 e. The number of carbonyl (C=O) groups is 1. The Labute approximate surface area is 133 Å². The highest BCUT2D eigenvalue weighted by atomic mass is 35.5. The van der Waals surface area contributed by atoms with Crippen LogP contribution in [0, 0.1) is 6.92 Å². The summed E-state index contributed by atoms with van der Waals surface area (Å²) >= 11 is 11.8. The van der Waals surface area contributed by atoms with Crippen LogP contribution in [0.2, 0.25) is 5.02 Å². The van der Waals surface area contributed by atoms with Crippen LogP contribution in [0.1, 0.15) is 27.9 Å². The molecule has 0 unspecified atom stereocenters. The molecule has 1 aromatic carbocycles. The van der Waals surface area contributed by atoms with Crippen molar-refractivity contribution in [3.63, 3.8) is 0 Å². The zero-order valence-corrected chi connectivity index (χ0v) is 13.1. The molecule has 0 aliphatic heterocycles. The zero-order chi connectivity index (χ0) is 15.4. The summed E-state index contributed by atoms with van der Waals surface area (Å²) in [7, 11) is 0. The van der Waals surface area contributed by atoms with Crippen molar-refractivity contribution in [2.75, 3.05) is 5.88 Å². The van der Waals surface area contributed by atoms with E-state index in [1.165, 1.54) is 10.8 Å². The summed E-state index contributed by atoms with van der Waals surface area (Å²) in [5, 5.41) is 0.225. The fourth-order valence-corrected chi connectivity index (χ4v) is 2.51. The maximum absolute atomic E-state index is 12.6. The fourth-order valence-electron chi connectivity index (χ4n) is 2.11. The van der Waals surface area contributed by atoms with E-state index in [1.807, 2.05) is 31.2 Å². The molecule has 0 atom stereocenters. The van der Waals surface area contributed by atoms with Crippen LogP contribution in [-0.2, 0) is 6.42 Å². The van der Waals surface area contributed by atoms with Gasteiger partial charge in [-0.25, -0.2) is 0 Å². The van der Waals surface area contributed by atoms with Crippen LogP contribution in [0.4, 0.5) is 0 Å². The molecule has 0 fully saturated rings. The molecule has 3 nitrogen and oxygen atoms in total. The lowest BCUT2D eigenvalue weighted by Crippen LogP contribution is -2.23. The Morgan fingerprint density at radius 2 is 1.90 bits per heavy atom. The van der Waals surface area contributed by atoms with Crippen molar-refractivity contribution in [3.05, 3.63) is 62.5 Å². The first kappa shape index (κ1) is 15.8. The summed E-state index contributed by atoms with van der Waals surface area (Å²) in [5.41, 5.74) is 2.33. The molecule has 0 aliphatic rings. The van der Waals surface area contributed by atoms with Crippen LogP contribution in [0.5, 0.6) is 0 Å². The van der Waals surface area contributed by atoms with E-state index < -0.39 is 0 Å². The van der Waals surface area contributed by atoms with Gasteiger partial charge in [-0.1, -0.05) is 29.3 Å². The Kier molecular flexibility index (Phi) is 5.21. The minimum absolute atomic E-state index is 0.209. The van der Waals surface area contributed by atoms with Crippen molar-refractivity contribution in [1.29, 1.82) is 0 Å². The molecule has 0 amide bonds. The van der Waals surface area contributed by atoms with Gasteiger partial charge >= 0.3 is 0 Å². The predicted molar refractivity (Wildman–Crippen MR) is 86.2 cm³/mol. The number of halogens is 2. The summed E-state index contributed by atoms with van der Waals surface area (Å²) in [5.74, 6) is 0.436. The zero-order valence-electron chi connectivity index (χ0n) is 11.6. The summed E-state index contributed by atoms with van der Waals surface area (Å²) < 4.78 is 1.46. The molecule has 0 N–H and O–H groups in total. The Balaban J connectivity index is 2.63. The van der Waals surface area contributed by atoms with Gasteiger partial charge in [0.15, 0.2) is 6.29 Å². The number of aldehydes is 1. The molecule has 1 heterocycles. The number of nitrogens with zero attached hydrogens (tertiary/aromatic N) is 1. The van der Waals surface area contributed by atoms with E-state index >= 15 is 0 Å². The lowest BCUT2D eigenvalue weighted by atomic mass is 10.1. The number of aryl methyl sites for hydroxylation is 1. The third-order valence-electron chi connectivity index (χ3n) is 3.26. The monoisotopic (exact) mass is 323 g/mol. The summed E-state index contributed by atoms with van der Waals surface area (Å²) in [4.78, 5) is 23.7. The summed E-state index contributed by atoms with van der Waals surface area (Å²) in [6.45, 7) is 1.97. The van der Waals surface area contributed by atoms with Gasteiger partial charge in [-0.2, -0.15) is 0 Å². The molecule has 2 aromatic rings. The average molecular weight is 324 g/mol. The van der Waals surface area contributed by atoms with Crippen molar-refractivity contribution >= 4 is 29.5 Å². The summed E-state index contributed by atoms with van der Waals surface area (Å²) in [6.07, 6.45) is 3.23. The van der Waals surface area contributed by atoms with Gasteiger partial charge in [-0.15, -0.1) is 11.6 Å². The van der Waals surface area contributed by atoms with E-state index in [0.717, 1.165) is 5.56 Å². The number of pyridine rings is 1. The molecule has 0 bridgehead atoms. The van der Waals surface area contributed by atoms with Gasteiger partial charge in [-0.05, 0) is 31.9 Å². The molecule has 0 saturated carbocycles. The molecule has 110 valence electrons. The Morgan fingerprint density at radius 1 is 1.24 bits per heavy atom. The third kappa shape index (κ3) is 3.36. The highest BCUT2D eigenvalue weighted by Gasteiger charge is 2.14. The second-order valence-electron chi connectivity index (χ2n) is 4.80. The minimum atomic E-state index is -0.209. The molecule has 1 aromatic heterocycles. The van der Waals surface area contributed by atoms with E-state index in [0.29, 0.717) is 41.8 Å². The van der Waals surface area contributed by atoms with Gasteiger partial charge in [0, 0.05) is 23.3 Å². The standard InChI is InChI=1S/C16H15Cl2NO2/c1-11-4-6-13(7-5-11)19-9-12(10-20)15(18)14(16(19)21)3-2-8-17/h4-7,9-10H,2-3,8H2,1H3. The van der Waals surface area contributed by atoms with Crippen molar-refractivity contribution in [3.8, 4) is 5.69 Å². The third-order valence-corrected chi connectivity index (χ3v) is 3.98. The van der Waals surface area contributed by atoms with E-state index in [-0.39, 0.29) is 10.6 Å². The average Bonchev–Trinajstić information content (AvgIpc) is 2.49. The number of alkyl halides is 1. The van der Waals surface area contributed by atoms with E-state index in [4.69, 9.17) is 23.2 Å². The molecular formula is C16H15Cl2NO2. The largest absolute Gasteiger partial charge is 0.298 e. The lowest BCUT2D eigenvalue weighted by Gasteiger charge is -2.12. The maximum Gasteiger partial charge on any atom is 0.259 e. The van der Waals surface area contributed by atoms with Gasteiger partial charge < -0.3 is 0 Å². The molecule has 2 rings (SSSR count). The molecule has 5 heteroatoms. The number of hydrogen-bond donors (Lipinski definition) is 0. The molecule has 0 radical (unpaired) electrons. The van der Waals surface area contributed by atoms with Gasteiger partial charge in [0.05, 0.1) is 10.6 Å². The number of hydrogen-bond acceptors (Lipinski definition) is 2. The van der Waals surface area contributed by atoms with Crippen LogP contribution in [-0.4, -0.2) is 16.7 Å². The Morgan fingerprint density at radius 3 is 2.48 bits per heavy atom. The number of carbonyl (C=O) groups excluding carboxylic acids is 1. The van der Waals surface area contributed by atoms with Crippen LogP contribution in [0.3, 0.4) is 0 Å². The second-order valence-corrected chi connectivity index (χ2v) is 5.55. The predicted octanol–water partition coefficient (Wildman–Crippen LogP) is 3.78. The quantitative estimate of drug-likeness (QED) is 0.620. The number of rotatable bonds is 5. The van der Waals surface area contributed by atoms with Crippen molar-refractivity contribution in [2.24, 2.45) is 0 Å². The Hall–Kier alpha value is -1.58. The maximum atomic E-state index is 12.6. The first-order chi connectivity index (χ1) is 10.1. The highest BCUT2D eigenvalue weighted by molar-refractivity contribution is 6.33.